The van der Waals surface area contributed by atoms with Crippen molar-refractivity contribution < 1.29 is 5.11 Å². The van der Waals surface area contributed by atoms with E-state index in [2.05, 4.69) is 34.2 Å². The lowest BCUT2D eigenvalue weighted by Crippen LogP contribution is -2.27. The molecule has 0 aliphatic heterocycles. The first kappa shape index (κ1) is 25.6. The minimum atomic E-state index is -1.34. The van der Waals surface area contributed by atoms with Crippen LogP contribution in [-0.2, 0) is 12.8 Å². The van der Waals surface area contributed by atoms with Gasteiger partial charge in [0.05, 0.1) is 31.2 Å². The van der Waals surface area contributed by atoms with Crippen LogP contribution in [0.4, 0.5) is 0 Å². The van der Waals surface area contributed by atoms with Gasteiger partial charge < -0.3 is 5.11 Å². The maximum absolute atomic E-state index is 11.5. The Labute approximate surface area is 240 Å². The van der Waals surface area contributed by atoms with E-state index in [0.29, 0.717) is 0 Å². The molecule has 6 rings (SSSR count). The lowest BCUT2D eigenvalue weighted by molar-refractivity contribution is 0.140. The Bertz CT molecular complexity index is 1430. The number of pyridine rings is 2. The van der Waals surface area contributed by atoms with Crippen LogP contribution in [0.5, 0.6) is 0 Å². The number of thiol groups is 1. The summed E-state index contributed by atoms with van der Waals surface area (Å²) in [4.78, 5) is 19.2. The Kier molecular flexibility index (Phi) is 7.34. The van der Waals surface area contributed by atoms with Crippen LogP contribution in [0, 0.1) is 0 Å². The van der Waals surface area contributed by atoms with E-state index in [1.807, 2.05) is 73.1 Å². The number of nitrogens with zero attached hydrogens (tertiary/aromatic N) is 4. The summed E-state index contributed by atoms with van der Waals surface area (Å²) in [6, 6.07) is 28.2. The molecule has 0 radical (unpaired) electrons. The second kappa shape index (κ2) is 11.2. The molecule has 0 saturated carbocycles. The Hall–Kier alpha value is -3.69. The van der Waals surface area contributed by atoms with Crippen molar-refractivity contribution in [3.05, 3.63) is 120 Å². The maximum Gasteiger partial charge on any atom is 0.120 e. The van der Waals surface area contributed by atoms with Gasteiger partial charge in [0.25, 0.3) is 0 Å². The summed E-state index contributed by atoms with van der Waals surface area (Å²) < 4.78 is 0. The van der Waals surface area contributed by atoms with E-state index >= 15 is 0 Å². The summed E-state index contributed by atoms with van der Waals surface area (Å²) >= 11 is 7.86. The van der Waals surface area contributed by atoms with Gasteiger partial charge in [0.1, 0.15) is 4.93 Å². The number of benzene rings is 2. The fourth-order valence-electron chi connectivity index (χ4n) is 4.39. The average Bonchev–Trinajstić information content (AvgIpc) is 3.59. The monoisotopic (exact) mass is 564 g/mol. The number of hydrogen-bond acceptors (Lipinski definition) is 8. The number of aliphatic hydroxyl groups is 1. The van der Waals surface area contributed by atoms with Crippen molar-refractivity contribution in [1.82, 2.24) is 19.9 Å². The zero-order valence-corrected chi connectivity index (χ0v) is 23.3. The molecule has 0 spiro atoms. The quantitative estimate of drug-likeness (QED) is 0.148. The van der Waals surface area contributed by atoms with Gasteiger partial charge in [-0.2, -0.15) is 0 Å². The molecule has 6 aromatic rings. The highest BCUT2D eigenvalue weighted by atomic mass is 32.1. The third-order valence-corrected chi connectivity index (χ3v) is 8.68. The molecule has 192 valence electrons. The second-order valence-electron chi connectivity index (χ2n) is 9.12. The van der Waals surface area contributed by atoms with Crippen molar-refractivity contribution in [3.63, 3.8) is 0 Å². The third kappa shape index (κ3) is 5.84. The van der Waals surface area contributed by atoms with Crippen LogP contribution in [0.3, 0.4) is 0 Å². The molecular formula is C31H24N4OS3. The standard InChI is InChI=1S/C31H24N4OS3/c36-31(37,17-25-34-27(23-13-7-15-32-19-23)29(38-25)21-9-3-1-4-10-21)18-26-35-28(24-14-8-16-33-20-24)30(39-26)22-11-5-2-6-12-22/h1-16,19-20,36-37H,17-18H2. The summed E-state index contributed by atoms with van der Waals surface area (Å²) in [5.41, 5.74) is 5.76. The molecule has 2 aromatic carbocycles. The lowest BCUT2D eigenvalue weighted by Gasteiger charge is -2.19. The van der Waals surface area contributed by atoms with Crippen molar-refractivity contribution in [2.45, 2.75) is 17.8 Å². The number of hydrogen-bond donors (Lipinski definition) is 2. The highest BCUT2D eigenvalue weighted by molar-refractivity contribution is 7.81. The van der Waals surface area contributed by atoms with Crippen LogP contribution in [0.1, 0.15) is 10.0 Å². The summed E-state index contributed by atoms with van der Waals surface area (Å²) in [6.45, 7) is 0. The van der Waals surface area contributed by atoms with Gasteiger partial charge in [0.2, 0.25) is 0 Å². The van der Waals surface area contributed by atoms with Crippen molar-refractivity contribution >= 4 is 35.3 Å². The van der Waals surface area contributed by atoms with E-state index in [1.165, 1.54) is 0 Å². The van der Waals surface area contributed by atoms with Gasteiger partial charge in [-0.3, -0.25) is 9.97 Å². The Morgan fingerprint density at radius 1 is 0.590 bits per heavy atom. The Morgan fingerprint density at radius 2 is 1.00 bits per heavy atom. The highest BCUT2D eigenvalue weighted by Gasteiger charge is 2.29. The number of aromatic nitrogens is 4. The van der Waals surface area contributed by atoms with Crippen LogP contribution in [-0.4, -0.2) is 30.0 Å². The number of rotatable bonds is 8. The summed E-state index contributed by atoms with van der Waals surface area (Å²) in [5, 5.41) is 13.1. The van der Waals surface area contributed by atoms with Crippen molar-refractivity contribution in [1.29, 1.82) is 0 Å². The van der Waals surface area contributed by atoms with E-state index in [0.717, 1.165) is 53.4 Å². The van der Waals surface area contributed by atoms with Crippen LogP contribution in [0.15, 0.2) is 110 Å². The van der Waals surface area contributed by atoms with Crippen molar-refractivity contribution in [2.75, 3.05) is 0 Å². The topological polar surface area (TPSA) is 71.8 Å². The molecule has 0 amide bonds. The minimum absolute atomic E-state index is 0.281. The van der Waals surface area contributed by atoms with Gasteiger partial charge in [0.15, 0.2) is 0 Å². The molecular weight excluding hydrogens is 541 g/mol. The van der Waals surface area contributed by atoms with Gasteiger partial charge in [-0.05, 0) is 35.4 Å². The van der Waals surface area contributed by atoms with Gasteiger partial charge >= 0.3 is 0 Å². The summed E-state index contributed by atoms with van der Waals surface area (Å²) in [7, 11) is 0. The van der Waals surface area contributed by atoms with Gasteiger partial charge in [0, 0.05) is 48.8 Å². The van der Waals surface area contributed by atoms with Crippen LogP contribution in [0.2, 0.25) is 0 Å². The number of thiazole rings is 2. The molecule has 0 saturated heterocycles. The van der Waals surface area contributed by atoms with Gasteiger partial charge in [-0.25, -0.2) is 9.97 Å². The fraction of sp³-hybridized carbons (Fsp3) is 0.0968. The van der Waals surface area contributed by atoms with Crippen LogP contribution < -0.4 is 0 Å². The van der Waals surface area contributed by atoms with Crippen LogP contribution in [0.25, 0.3) is 43.4 Å². The molecule has 5 nitrogen and oxygen atoms in total. The molecule has 4 aromatic heterocycles. The lowest BCUT2D eigenvalue weighted by atomic mass is 10.1. The van der Waals surface area contributed by atoms with Crippen LogP contribution >= 0.6 is 35.3 Å². The molecule has 0 bridgehead atoms. The van der Waals surface area contributed by atoms with Crippen molar-refractivity contribution in [2.24, 2.45) is 0 Å². The normalized spacial score (nSPS) is 11.5. The van der Waals surface area contributed by atoms with Gasteiger partial charge in [-0.15, -0.1) is 35.3 Å². The second-order valence-corrected chi connectivity index (χ2v) is 12.1. The fourth-order valence-corrected chi connectivity index (χ4v) is 7.30. The molecule has 4 heterocycles. The van der Waals surface area contributed by atoms with E-state index < -0.39 is 4.93 Å². The first-order valence-corrected chi connectivity index (χ1v) is 14.5. The average molecular weight is 565 g/mol. The van der Waals surface area contributed by atoms with Gasteiger partial charge in [-0.1, -0.05) is 60.7 Å². The van der Waals surface area contributed by atoms with E-state index in [-0.39, 0.29) is 12.8 Å². The predicted octanol–water partition coefficient (Wildman–Crippen LogP) is 7.46. The Balaban J connectivity index is 1.32. The predicted molar refractivity (Wildman–Crippen MR) is 163 cm³/mol. The molecule has 0 aliphatic rings. The first-order valence-electron chi connectivity index (χ1n) is 12.4. The molecule has 1 N–H and O–H groups in total. The Morgan fingerprint density at radius 3 is 1.38 bits per heavy atom. The minimum Gasteiger partial charge on any atom is -0.379 e. The highest BCUT2D eigenvalue weighted by Crippen LogP contribution is 2.40. The zero-order valence-electron chi connectivity index (χ0n) is 20.8. The zero-order chi connectivity index (χ0) is 26.7. The smallest absolute Gasteiger partial charge is 0.120 e. The third-order valence-electron chi connectivity index (χ3n) is 6.15. The first-order chi connectivity index (χ1) is 19.1. The van der Waals surface area contributed by atoms with E-state index in [4.69, 9.17) is 22.6 Å². The largest absolute Gasteiger partial charge is 0.379 e. The molecule has 39 heavy (non-hydrogen) atoms. The molecule has 0 unspecified atom stereocenters. The molecule has 0 fully saturated rings. The van der Waals surface area contributed by atoms with E-state index in [9.17, 15) is 5.11 Å². The maximum atomic E-state index is 11.5. The van der Waals surface area contributed by atoms with Crippen molar-refractivity contribution in [3.8, 4) is 43.4 Å². The van der Waals surface area contributed by atoms with E-state index in [1.54, 1.807) is 35.1 Å². The SMILES string of the molecule is OC(S)(Cc1nc(-c2cccnc2)c(-c2ccccc2)s1)Cc1nc(-c2cccnc2)c(-c2ccccc2)s1. The summed E-state index contributed by atoms with van der Waals surface area (Å²) in [5.74, 6) is 0. The molecule has 8 heteroatoms. The molecule has 0 aliphatic carbocycles. The summed E-state index contributed by atoms with van der Waals surface area (Å²) in [6.07, 6.45) is 7.70. The molecule has 0 atom stereocenters.